The number of nitrogens with zero attached hydrogens (tertiary/aromatic N) is 1. The van der Waals surface area contributed by atoms with E-state index >= 15 is 0 Å². The maximum atomic E-state index is 9.58. The maximum absolute atomic E-state index is 9.58. The van der Waals surface area contributed by atoms with Crippen molar-refractivity contribution in [3.8, 4) is 5.75 Å². The van der Waals surface area contributed by atoms with Crippen molar-refractivity contribution in [1.82, 2.24) is 4.98 Å². The van der Waals surface area contributed by atoms with Gasteiger partial charge in [-0.2, -0.15) is 0 Å². The number of phenols is 1. The molecule has 0 spiro atoms. The number of pyridine rings is 1. The number of nitrogens with one attached hydrogen (secondary N) is 1. The number of hydrogen-bond donors (Lipinski definition) is 2. The molecule has 0 saturated heterocycles. The Morgan fingerprint density at radius 1 is 1.14 bits per heavy atom. The number of benzene rings is 2. The van der Waals surface area contributed by atoms with Gasteiger partial charge in [-0.05, 0) is 52.7 Å². The number of fused-ring (bicyclic) bond motifs is 1. The molecule has 0 aliphatic carbocycles. The van der Waals surface area contributed by atoms with Gasteiger partial charge in [0.2, 0.25) is 0 Å². The van der Waals surface area contributed by atoms with Crippen molar-refractivity contribution in [1.29, 1.82) is 0 Å². The van der Waals surface area contributed by atoms with Crippen LogP contribution in [0.4, 0.5) is 5.69 Å². The van der Waals surface area contributed by atoms with E-state index in [1.165, 1.54) is 0 Å². The number of rotatable bonds is 3. The van der Waals surface area contributed by atoms with Gasteiger partial charge in [-0.1, -0.05) is 24.3 Å². The zero-order chi connectivity index (χ0) is 14.8. The van der Waals surface area contributed by atoms with Crippen LogP contribution < -0.4 is 5.32 Å². The molecule has 0 saturated carbocycles. The Labute approximate surface area is 131 Å². The molecule has 1 heterocycles. The Kier molecular flexibility index (Phi) is 3.80. The lowest BCUT2D eigenvalue weighted by Crippen LogP contribution is -2.07. The molecule has 106 valence electrons. The first kappa shape index (κ1) is 13.9. The van der Waals surface area contributed by atoms with Crippen LogP contribution >= 0.6 is 15.9 Å². The van der Waals surface area contributed by atoms with E-state index in [1.807, 2.05) is 36.4 Å². The summed E-state index contributed by atoms with van der Waals surface area (Å²) in [6.45, 7) is 2.06. The lowest BCUT2D eigenvalue weighted by molar-refractivity contribution is 0.474. The second-order valence-corrected chi connectivity index (χ2v) is 5.91. The van der Waals surface area contributed by atoms with E-state index in [0.717, 1.165) is 26.6 Å². The topological polar surface area (TPSA) is 45.2 Å². The number of hydrogen-bond acceptors (Lipinski definition) is 3. The summed E-state index contributed by atoms with van der Waals surface area (Å²) in [6.07, 6.45) is 1.80. The molecule has 3 aromatic rings. The molecule has 0 aliphatic rings. The summed E-state index contributed by atoms with van der Waals surface area (Å²) in [4.78, 5) is 4.49. The van der Waals surface area contributed by atoms with Gasteiger partial charge in [0.15, 0.2) is 0 Å². The highest BCUT2D eigenvalue weighted by molar-refractivity contribution is 9.10. The number of para-hydroxylation sites is 1. The summed E-state index contributed by atoms with van der Waals surface area (Å²) in [6, 6.07) is 15.5. The van der Waals surface area contributed by atoms with E-state index in [9.17, 15) is 5.11 Å². The van der Waals surface area contributed by atoms with Gasteiger partial charge in [-0.15, -0.1) is 0 Å². The monoisotopic (exact) mass is 342 g/mol. The fourth-order valence-corrected chi connectivity index (χ4v) is 2.71. The molecule has 0 amide bonds. The summed E-state index contributed by atoms with van der Waals surface area (Å²) in [5.74, 6) is 0.279. The Hall–Kier alpha value is -2.07. The number of phenolic OH excluding ortho intramolecular Hbond substituents is 1. The van der Waals surface area contributed by atoms with Gasteiger partial charge >= 0.3 is 0 Å². The molecule has 4 heteroatoms. The lowest BCUT2D eigenvalue weighted by Gasteiger charge is -2.17. The quantitative estimate of drug-likeness (QED) is 0.713. The molecule has 3 rings (SSSR count). The summed E-state index contributed by atoms with van der Waals surface area (Å²) in [5, 5.41) is 14.1. The molecule has 21 heavy (non-hydrogen) atoms. The molecule has 0 bridgehead atoms. The van der Waals surface area contributed by atoms with Gasteiger partial charge in [0.05, 0.1) is 11.2 Å². The molecule has 1 aromatic heterocycles. The summed E-state index contributed by atoms with van der Waals surface area (Å²) in [5.41, 5.74) is 2.95. The molecule has 0 fully saturated rings. The summed E-state index contributed by atoms with van der Waals surface area (Å²) in [7, 11) is 0. The highest BCUT2D eigenvalue weighted by atomic mass is 79.9. The van der Waals surface area contributed by atoms with Crippen LogP contribution in [0.3, 0.4) is 0 Å². The van der Waals surface area contributed by atoms with E-state index in [0.29, 0.717) is 0 Å². The average Bonchev–Trinajstić information content (AvgIpc) is 2.47. The van der Waals surface area contributed by atoms with Crippen molar-refractivity contribution >= 4 is 32.5 Å². The first-order chi connectivity index (χ1) is 10.1. The normalized spacial score (nSPS) is 12.3. The van der Waals surface area contributed by atoms with Crippen LogP contribution in [-0.4, -0.2) is 10.1 Å². The summed E-state index contributed by atoms with van der Waals surface area (Å²) >= 11 is 3.44. The molecule has 3 nitrogen and oxygen atoms in total. The average molecular weight is 343 g/mol. The highest BCUT2D eigenvalue weighted by Gasteiger charge is 2.09. The highest BCUT2D eigenvalue weighted by Crippen LogP contribution is 2.28. The minimum atomic E-state index is 0.0770. The Morgan fingerprint density at radius 2 is 1.95 bits per heavy atom. The van der Waals surface area contributed by atoms with E-state index in [1.54, 1.807) is 18.3 Å². The van der Waals surface area contributed by atoms with Crippen LogP contribution in [-0.2, 0) is 0 Å². The SMILES string of the molecule is CC(Nc1cccc2cc(Br)cnc12)c1cccc(O)c1. The summed E-state index contributed by atoms with van der Waals surface area (Å²) < 4.78 is 0.966. The van der Waals surface area contributed by atoms with Crippen molar-refractivity contribution in [3.63, 3.8) is 0 Å². The van der Waals surface area contributed by atoms with Gasteiger partial charge < -0.3 is 10.4 Å². The maximum Gasteiger partial charge on any atom is 0.115 e. The number of aromatic nitrogens is 1. The van der Waals surface area contributed by atoms with Crippen LogP contribution in [0.5, 0.6) is 5.75 Å². The largest absolute Gasteiger partial charge is 0.508 e. The van der Waals surface area contributed by atoms with Crippen molar-refractivity contribution in [2.24, 2.45) is 0 Å². The number of anilines is 1. The lowest BCUT2D eigenvalue weighted by atomic mass is 10.1. The molecule has 1 atom stereocenters. The predicted octanol–water partition coefficient (Wildman–Crippen LogP) is 4.88. The second kappa shape index (κ2) is 5.74. The second-order valence-electron chi connectivity index (χ2n) is 4.99. The minimum Gasteiger partial charge on any atom is -0.508 e. The minimum absolute atomic E-state index is 0.0770. The van der Waals surface area contributed by atoms with Crippen molar-refractivity contribution < 1.29 is 5.11 Å². The van der Waals surface area contributed by atoms with Crippen LogP contribution in [0.15, 0.2) is 59.2 Å². The molecule has 2 N–H and O–H groups in total. The van der Waals surface area contributed by atoms with Gasteiger partial charge in [0.1, 0.15) is 5.75 Å². The number of aromatic hydroxyl groups is 1. The first-order valence-electron chi connectivity index (χ1n) is 6.73. The van der Waals surface area contributed by atoms with E-state index in [2.05, 4.69) is 33.2 Å². The van der Waals surface area contributed by atoms with E-state index < -0.39 is 0 Å². The molecule has 1 unspecified atom stereocenters. The first-order valence-corrected chi connectivity index (χ1v) is 7.52. The molecule has 0 radical (unpaired) electrons. The fraction of sp³-hybridized carbons (Fsp3) is 0.118. The van der Waals surface area contributed by atoms with Crippen LogP contribution in [0.25, 0.3) is 10.9 Å². The standard InChI is InChI=1S/C17H15BrN2O/c1-11(12-4-2-6-15(21)9-12)20-16-7-3-5-13-8-14(18)10-19-17(13)16/h2-11,20-21H,1H3. The van der Waals surface area contributed by atoms with Gasteiger partial charge in [-0.3, -0.25) is 4.98 Å². The van der Waals surface area contributed by atoms with Crippen LogP contribution in [0.2, 0.25) is 0 Å². The van der Waals surface area contributed by atoms with Crippen molar-refractivity contribution in [3.05, 3.63) is 64.8 Å². The molecule has 2 aromatic carbocycles. The fourth-order valence-electron chi connectivity index (χ4n) is 2.36. The number of halogens is 1. The molecule has 0 aliphatic heterocycles. The zero-order valence-electron chi connectivity index (χ0n) is 11.5. The smallest absolute Gasteiger partial charge is 0.115 e. The van der Waals surface area contributed by atoms with Crippen LogP contribution in [0, 0.1) is 0 Å². The van der Waals surface area contributed by atoms with E-state index in [-0.39, 0.29) is 11.8 Å². The zero-order valence-corrected chi connectivity index (χ0v) is 13.1. The third-order valence-electron chi connectivity index (χ3n) is 3.42. The Balaban J connectivity index is 1.94. The van der Waals surface area contributed by atoms with Gasteiger partial charge in [0.25, 0.3) is 0 Å². The third-order valence-corrected chi connectivity index (χ3v) is 3.85. The van der Waals surface area contributed by atoms with Gasteiger partial charge in [-0.25, -0.2) is 0 Å². The Morgan fingerprint density at radius 3 is 2.76 bits per heavy atom. The molecular weight excluding hydrogens is 328 g/mol. The predicted molar refractivity (Wildman–Crippen MR) is 89.6 cm³/mol. The van der Waals surface area contributed by atoms with Crippen LogP contribution in [0.1, 0.15) is 18.5 Å². The van der Waals surface area contributed by atoms with Gasteiger partial charge in [0, 0.05) is 22.1 Å². The van der Waals surface area contributed by atoms with Crippen molar-refractivity contribution in [2.45, 2.75) is 13.0 Å². The Bertz CT molecular complexity index is 789. The molecular formula is C17H15BrN2O. The van der Waals surface area contributed by atoms with E-state index in [4.69, 9.17) is 0 Å². The van der Waals surface area contributed by atoms with Crippen molar-refractivity contribution in [2.75, 3.05) is 5.32 Å². The third kappa shape index (κ3) is 3.00.